The molecular formula is C15H25N3O. The molecule has 4 nitrogen and oxygen atoms in total. The molecule has 106 valence electrons. The monoisotopic (exact) mass is 263 g/mol. The van der Waals surface area contributed by atoms with E-state index in [1.54, 1.807) is 0 Å². The summed E-state index contributed by atoms with van der Waals surface area (Å²) in [5.74, 6) is 2.05. The first kappa shape index (κ1) is 14.0. The minimum absolute atomic E-state index is 0.472. The number of nitrogen functional groups attached to an aromatic ring is 1. The van der Waals surface area contributed by atoms with Crippen LogP contribution in [0.1, 0.15) is 40.0 Å². The molecular weight excluding hydrogens is 238 g/mol. The highest BCUT2D eigenvalue weighted by molar-refractivity contribution is 5.55. The Bertz CT molecular complexity index is 416. The number of hydrogen-bond acceptors (Lipinski definition) is 4. The molecule has 0 amide bonds. The van der Waals surface area contributed by atoms with Crippen molar-refractivity contribution in [1.29, 1.82) is 0 Å². The van der Waals surface area contributed by atoms with E-state index in [2.05, 4.69) is 30.7 Å². The van der Waals surface area contributed by atoms with Gasteiger partial charge < -0.3 is 15.4 Å². The largest absolute Gasteiger partial charge is 0.476 e. The first-order chi connectivity index (χ1) is 9.11. The van der Waals surface area contributed by atoms with Crippen LogP contribution in [0.5, 0.6) is 5.88 Å². The molecule has 1 aromatic heterocycles. The molecule has 1 fully saturated rings. The molecule has 0 aromatic carbocycles. The molecule has 2 rings (SSSR count). The molecule has 1 aromatic rings. The topological polar surface area (TPSA) is 51.4 Å². The summed E-state index contributed by atoms with van der Waals surface area (Å²) in [7, 11) is 0. The number of nitrogens with zero attached hydrogens (tertiary/aromatic N) is 2. The molecule has 1 aliphatic carbocycles. The van der Waals surface area contributed by atoms with Crippen molar-refractivity contribution in [3.05, 3.63) is 12.1 Å². The number of pyridine rings is 1. The standard InChI is InChI=1S/C15H25N3O/c1-4-9-18(12-5-6-12)14-8-7-13(16)15(17-14)19-10-11(2)3/h7-8,11-12H,4-6,9-10,16H2,1-3H3. The molecule has 0 radical (unpaired) electrons. The van der Waals surface area contributed by atoms with Gasteiger partial charge in [0, 0.05) is 12.6 Å². The fraction of sp³-hybridized carbons (Fsp3) is 0.667. The highest BCUT2D eigenvalue weighted by Crippen LogP contribution is 2.32. The molecule has 1 aliphatic rings. The lowest BCUT2D eigenvalue weighted by atomic mass is 10.2. The van der Waals surface area contributed by atoms with E-state index in [4.69, 9.17) is 10.5 Å². The van der Waals surface area contributed by atoms with E-state index in [1.807, 2.05) is 12.1 Å². The Morgan fingerprint density at radius 1 is 1.42 bits per heavy atom. The second kappa shape index (κ2) is 6.13. The predicted octanol–water partition coefficient (Wildman–Crippen LogP) is 3.08. The van der Waals surface area contributed by atoms with Crippen LogP contribution in [0, 0.1) is 5.92 Å². The van der Waals surface area contributed by atoms with Gasteiger partial charge in [0.25, 0.3) is 0 Å². The molecule has 1 heterocycles. The molecule has 2 N–H and O–H groups in total. The molecule has 0 unspecified atom stereocenters. The number of anilines is 2. The summed E-state index contributed by atoms with van der Waals surface area (Å²) in [6, 6.07) is 4.57. The maximum Gasteiger partial charge on any atom is 0.239 e. The van der Waals surface area contributed by atoms with Crippen molar-refractivity contribution >= 4 is 11.5 Å². The van der Waals surface area contributed by atoms with Gasteiger partial charge in [-0.25, -0.2) is 0 Å². The first-order valence-electron chi connectivity index (χ1n) is 7.27. The van der Waals surface area contributed by atoms with Crippen LogP contribution in [0.25, 0.3) is 0 Å². The predicted molar refractivity (Wildman–Crippen MR) is 79.6 cm³/mol. The summed E-state index contributed by atoms with van der Waals surface area (Å²) in [6.07, 6.45) is 3.67. The van der Waals surface area contributed by atoms with E-state index in [1.165, 1.54) is 12.8 Å². The van der Waals surface area contributed by atoms with Gasteiger partial charge in [-0.15, -0.1) is 0 Å². The molecule has 19 heavy (non-hydrogen) atoms. The summed E-state index contributed by atoms with van der Waals surface area (Å²) in [4.78, 5) is 6.98. The van der Waals surface area contributed by atoms with Crippen molar-refractivity contribution in [3.8, 4) is 5.88 Å². The maximum atomic E-state index is 5.94. The molecule has 1 saturated carbocycles. The third-order valence-corrected chi connectivity index (χ3v) is 3.17. The average molecular weight is 263 g/mol. The highest BCUT2D eigenvalue weighted by Gasteiger charge is 2.29. The zero-order valence-corrected chi connectivity index (χ0v) is 12.2. The fourth-order valence-corrected chi connectivity index (χ4v) is 2.07. The van der Waals surface area contributed by atoms with Crippen LogP contribution in [0.4, 0.5) is 11.5 Å². The summed E-state index contributed by atoms with van der Waals surface area (Å²) in [5.41, 5.74) is 6.56. The van der Waals surface area contributed by atoms with Gasteiger partial charge in [-0.1, -0.05) is 20.8 Å². The Morgan fingerprint density at radius 2 is 2.16 bits per heavy atom. The second-order valence-corrected chi connectivity index (χ2v) is 5.69. The Hall–Kier alpha value is -1.45. The van der Waals surface area contributed by atoms with E-state index < -0.39 is 0 Å². The third kappa shape index (κ3) is 3.75. The molecule has 0 atom stereocenters. The molecule has 0 bridgehead atoms. The lowest BCUT2D eigenvalue weighted by Crippen LogP contribution is -2.27. The number of nitrogens with two attached hydrogens (primary N) is 1. The smallest absolute Gasteiger partial charge is 0.239 e. The van der Waals surface area contributed by atoms with Gasteiger partial charge >= 0.3 is 0 Å². The van der Waals surface area contributed by atoms with Gasteiger partial charge in [0.2, 0.25) is 5.88 Å². The Kier molecular flexibility index (Phi) is 4.51. The number of ether oxygens (including phenoxy) is 1. The van der Waals surface area contributed by atoms with Gasteiger partial charge in [-0.2, -0.15) is 4.98 Å². The van der Waals surface area contributed by atoms with Crippen molar-refractivity contribution in [2.45, 2.75) is 46.1 Å². The van der Waals surface area contributed by atoms with Crippen molar-refractivity contribution in [2.24, 2.45) is 5.92 Å². The molecule has 0 saturated heterocycles. The molecule has 0 aliphatic heterocycles. The van der Waals surface area contributed by atoms with Crippen LogP contribution >= 0.6 is 0 Å². The summed E-state index contributed by atoms with van der Waals surface area (Å²) in [5, 5.41) is 0. The van der Waals surface area contributed by atoms with Crippen LogP contribution in [0.15, 0.2) is 12.1 Å². The van der Waals surface area contributed by atoms with Crippen LogP contribution in [0.2, 0.25) is 0 Å². The van der Waals surface area contributed by atoms with Gasteiger partial charge in [0.1, 0.15) is 5.82 Å². The van der Waals surface area contributed by atoms with E-state index >= 15 is 0 Å². The van der Waals surface area contributed by atoms with E-state index in [-0.39, 0.29) is 0 Å². The number of hydrogen-bond donors (Lipinski definition) is 1. The minimum atomic E-state index is 0.472. The second-order valence-electron chi connectivity index (χ2n) is 5.69. The van der Waals surface area contributed by atoms with E-state index in [0.29, 0.717) is 30.1 Å². The Morgan fingerprint density at radius 3 is 2.74 bits per heavy atom. The van der Waals surface area contributed by atoms with Crippen molar-refractivity contribution in [2.75, 3.05) is 23.8 Å². The fourth-order valence-electron chi connectivity index (χ4n) is 2.07. The normalized spacial score (nSPS) is 14.7. The van der Waals surface area contributed by atoms with Crippen LogP contribution in [-0.4, -0.2) is 24.2 Å². The van der Waals surface area contributed by atoms with E-state index in [0.717, 1.165) is 18.8 Å². The zero-order chi connectivity index (χ0) is 13.8. The van der Waals surface area contributed by atoms with Crippen LogP contribution in [-0.2, 0) is 0 Å². The Balaban J connectivity index is 2.13. The van der Waals surface area contributed by atoms with Gasteiger partial charge in [0.15, 0.2) is 0 Å². The summed E-state index contributed by atoms with van der Waals surface area (Å²) >= 11 is 0. The quantitative estimate of drug-likeness (QED) is 0.821. The Labute approximate surface area is 116 Å². The summed E-state index contributed by atoms with van der Waals surface area (Å²) in [6.45, 7) is 8.13. The minimum Gasteiger partial charge on any atom is -0.476 e. The highest BCUT2D eigenvalue weighted by atomic mass is 16.5. The van der Waals surface area contributed by atoms with Gasteiger partial charge in [-0.05, 0) is 37.3 Å². The van der Waals surface area contributed by atoms with Gasteiger partial charge in [0.05, 0.1) is 12.3 Å². The molecule has 0 spiro atoms. The average Bonchev–Trinajstić information content (AvgIpc) is 3.19. The summed E-state index contributed by atoms with van der Waals surface area (Å²) < 4.78 is 5.70. The lowest BCUT2D eigenvalue weighted by Gasteiger charge is -2.23. The van der Waals surface area contributed by atoms with Gasteiger partial charge in [-0.3, -0.25) is 0 Å². The zero-order valence-electron chi connectivity index (χ0n) is 12.2. The van der Waals surface area contributed by atoms with Crippen LogP contribution < -0.4 is 15.4 Å². The number of aromatic nitrogens is 1. The molecule has 4 heteroatoms. The van der Waals surface area contributed by atoms with Crippen molar-refractivity contribution in [3.63, 3.8) is 0 Å². The first-order valence-corrected chi connectivity index (χ1v) is 7.27. The van der Waals surface area contributed by atoms with Crippen LogP contribution in [0.3, 0.4) is 0 Å². The third-order valence-electron chi connectivity index (χ3n) is 3.17. The SMILES string of the molecule is CCCN(c1ccc(N)c(OCC(C)C)n1)C1CC1. The number of rotatable bonds is 7. The van der Waals surface area contributed by atoms with E-state index in [9.17, 15) is 0 Å². The lowest BCUT2D eigenvalue weighted by molar-refractivity contribution is 0.263. The maximum absolute atomic E-state index is 5.94. The van der Waals surface area contributed by atoms with Crippen molar-refractivity contribution in [1.82, 2.24) is 4.98 Å². The van der Waals surface area contributed by atoms with Crippen molar-refractivity contribution < 1.29 is 4.74 Å².